The number of carbonyl (C=O) groups excluding carboxylic acids is 1. The molecule has 0 spiro atoms. The van der Waals surface area contributed by atoms with Gasteiger partial charge in [0.1, 0.15) is 0 Å². The van der Waals surface area contributed by atoms with Gasteiger partial charge in [0.15, 0.2) is 0 Å². The predicted molar refractivity (Wildman–Crippen MR) is 84.6 cm³/mol. The second kappa shape index (κ2) is 7.20. The van der Waals surface area contributed by atoms with Crippen molar-refractivity contribution in [2.24, 2.45) is 11.8 Å². The van der Waals surface area contributed by atoms with Gasteiger partial charge in [0.2, 0.25) is 11.1 Å². The second-order valence-electron chi connectivity index (χ2n) is 6.32. The van der Waals surface area contributed by atoms with Gasteiger partial charge in [-0.3, -0.25) is 4.79 Å². The zero-order chi connectivity index (χ0) is 18.1. The highest BCUT2D eigenvalue weighted by molar-refractivity contribution is 8.00. The summed E-state index contributed by atoms with van der Waals surface area (Å²) in [5.41, 5.74) is 0. The van der Waals surface area contributed by atoms with Gasteiger partial charge in [-0.05, 0) is 25.2 Å². The number of nitrogens with zero attached hydrogens (tertiary/aromatic N) is 3. The van der Waals surface area contributed by atoms with E-state index in [1.807, 2.05) is 0 Å². The van der Waals surface area contributed by atoms with E-state index >= 15 is 0 Å². The second-order valence-corrected chi connectivity index (χ2v) is 7.62. The van der Waals surface area contributed by atoms with Crippen LogP contribution in [0.1, 0.15) is 45.9 Å². The Kier molecular flexibility index (Phi) is 5.67. The van der Waals surface area contributed by atoms with Crippen molar-refractivity contribution in [2.45, 2.75) is 62.7 Å². The van der Waals surface area contributed by atoms with Gasteiger partial charge in [0.05, 0.1) is 5.25 Å². The van der Waals surface area contributed by atoms with Crippen LogP contribution in [0.15, 0.2) is 5.16 Å². The zero-order valence-corrected chi connectivity index (χ0v) is 14.6. The molecule has 1 aliphatic carbocycles. The SMILES string of the molecule is C[C@@H]1[C@@H](C)CCC[C@H]1NC(=O)[C@@H](C)Sc1nnc(C(F)(F)F)n1N. The molecule has 1 aromatic heterocycles. The highest BCUT2D eigenvalue weighted by Gasteiger charge is 2.38. The molecule has 1 heterocycles. The molecule has 1 saturated carbocycles. The lowest BCUT2D eigenvalue weighted by Crippen LogP contribution is -2.46. The molecule has 10 heteroatoms. The minimum Gasteiger partial charge on any atom is -0.352 e. The normalized spacial score (nSPS) is 26.2. The van der Waals surface area contributed by atoms with Crippen molar-refractivity contribution in [1.29, 1.82) is 0 Å². The predicted octanol–water partition coefficient (Wildman–Crippen LogP) is 2.43. The molecule has 1 amide bonds. The van der Waals surface area contributed by atoms with Gasteiger partial charge in [-0.1, -0.05) is 38.5 Å². The maximum atomic E-state index is 12.7. The number of aromatic nitrogens is 3. The van der Waals surface area contributed by atoms with Crippen molar-refractivity contribution in [2.75, 3.05) is 5.84 Å². The van der Waals surface area contributed by atoms with E-state index in [9.17, 15) is 18.0 Å². The summed E-state index contributed by atoms with van der Waals surface area (Å²) in [6.45, 7) is 5.88. The summed E-state index contributed by atoms with van der Waals surface area (Å²) in [5, 5.41) is 8.71. The number of amides is 1. The molecule has 1 aromatic rings. The van der Waals surface area contributed by atoms with E-state index in [1.165, 1.54) is 0 Å². The first-order valence-electron chi connectivity index (χ1n) is 7.86. The Bertz CT molecular complexity index is 591. The molecule has 0 aliphatic heterocycles. The Morgan fingerprint density at radius 3 is 2.62 bits per heavy atom. The third kappa shape index (κ3) is 4.14. The first-order chi connectivity index (χ1) is 11.1. The Labute approximate surface area is 142 Å². The molecule has 1 fully saturated rings. The molecule has 2 rings (SSSR count). The van der Waals surface area contributed by atoms with Crippen LogP contribution in [0.3, 0.4) is 0 Å². The molecular formula is C14H22F3N5OS. The van der Waals surface area contributed by atoms with Crippen molar-refractivity contribution in [1.82, 2.24) is 20.2 Å². The molecule has 0 bridgehead atoms. The molecule has 3 N–H and O–H groups in total. The number of halogens is 3. The summed E-state index contributed by atoms with van der Waals surface area (Å²) in [5.74, 6) is 4.77. The number of nitrogens with one attached hydrogen (secondary N) is 1. The number of nitrogen functional groups attached to an aromatic ring is 1. The molecule has 0 unspecified atom stereocenters. The molecular weight excluding hydrogens is 343 g/mol. The van der Waals surface area contributed by atoms with Crippen LogP contribution in [0.4, 0.5) is 13.2 Å². The zero-order valence-electron chi connectivity index (χ0n) is 13.8. The van der Waals surface area contributed by atoms with Gasteiger partial charge >= 0.3 is 6.18 Å². The highest BCUT2D eigenvalue weighted by atomic mass is 32.2. The minimum absolute atomic E-state index is 0.0887. The highest BCUT2D eigenvalue weighted by Crippen LogP contribution is 2.31. The van der Waals surface area contributed by atoms with Crippen molar-refractivity contribution in [3.05, 3.63) is 5.82 Å². The molecule has 6 nitrogen and oxygen atoms in total. The number of nitrogens with two attached hydrogens (primary N) is 1. The van der Waals surface area contributed by atoms with Gasteiger partial charge in [-0.15, -0.1) is 10.2 Å². The van der Waals surface area contributed by atoms with Gasteiger partial charge in [0.25, 0.3) is 5.82 Å². The number of hydrogen-bond acceptors (Lipinski definition) is 5. The number of carbonyl (C=O) groups is 1. The maximum Gasteiger partial charge on any atom is 0.453 e. The van der Waals surface area contributed by atoms with Crippen molar-refractivity contribution >= 4 is 17.7 Å². The smallest absolute Gasteiger partial charge is 0.352 e. The van der Waals surface area contributed by atoms with Crippen LogP contribution in [-0.2, 0) is 11.0 Å². The van der Waals surface area contributed by atoms with Crippen LogP contribution in [0.2, 0.25) is 0 Å². The monoisotopic (exact) mass is 365 g/mol. The Morgan fingerprint density at radius 2 is 2.04 bits per heavy atom. The third-order valence-corrected chi connectivity index (χ3v) is 5.66. The van der Waals surface area contributed by atoms with E-state index in [4.69, 9.17) is 5.84 Å². The fraction of sp³-hybridized carbons (Fsp3) is 0.786. The van der Waals surface area contributed by atoms with E-state index in [1.54, 1.807) is 6.92 Å². The molecule has 0 aromatic carbocycles. The van der Waals surface area contributed by atoms with E-state index in [2.05, 4.69) is 29.4 Å². The standard InChI is InChI=1S/C14H22F3N5OS/c1-7-5-4-6-10(8(7)2)19-11(23)9(3)24-13-21-20-12(22(13)18)14(15,16)17/h7-10H,4-6,18H2,1-3H3,(H,19,23)/t7-,8+,9+,10+/m0/s1. The number of hydrogen-bond donors (Lipinski definition) is 2. The van der Waals surface area contributed by atoms with Crippen LogP contribution < -0.4 is 11.2 Å². The third-order valence-electron chi connectivity index (χ3n) is 4.60. The van der Waals surface area contributed by atoms with Crippen molar-refractivity contribution in [3.8, 4) is 0 Å². The van der Waals surface area contributed by atoms with Gasteiger partial charge in [0, 0.05) is 6.04 Å². The summed E-state index contributed by atoms with van der Waals surface area (Å²) in [4.78, 5) is 12.3. The first kappa shape index (κ1) is 18.9. The molecule has 0 radical (unpaired) electrons. The van der Waals surface area contributed by atoms with Crippen LogP contribution >= 0.6 is 11.8 Å². The quantitative estimate of drug-likeness (QED) is 0.632. The lowest BCUT2D eigenvalue weighted by atomic mass is 9.78. The summed E-state index contributed by atoms with van der Waals surface area (Å²) >= 11 is 0.858. The number of alkyl halides is 3. The lowest BCUT2D eigenvalue weighted by Gasteiger charge is -2.35. The molecule has 136 valence electrons. The number of thioether (sulfide) groups is 1. The summed E-state index contributed by atoms with van der Waals surface area (Å²) < 4.78 is 38.3. The topological polar surface area (TPSA) is 85.8 Å². The van der Waals surface area contributed by atoms with Crippen LogP contribution in [0, 0.1) is 11.8 Å². The fourth-order valence-corrected chi connectivity index (χ4v) is 3.63. The van der Waals surface area contributed by atoms with Gasteiger partial charge in [-0.25, -0.2) is 4.68 Å². The van der Waals surface area contributed by atoms with Crippen molar-refractivity contribution in [3.63, 3.8) is 0 Å². The first-order valence-corrected chi connectivity index (χ1v) is 8.74. The summed E-state index contributed by atoms with van der Waals surface area (Å²) in [7, 11) is 0. The van der Waals surface area contributed by atoms with Gasteiger partial charge < -0.3 is 11.2 Å². The van der Waals surface area contributed by atoms with E-state index in [0.29, 0.717) is 16.5 Å². The minimum atomic E-state index is -4.68. The van der Waals surface area contributed by atoms with Crippen LogP contribution in [0.5, 0.6) is 0 Å². The molecule has 0 saturated heterocycles. The van der Waals surface area contributed by atoms with Crippen LogP contribution in [-0.4, -0.2) is 32.1 Å². The summed E-state index contributed by atoms with van der Waals surface area (Å²) in [6.07, 6.45) is -1.56. The average molecular weight is 365 g/mol. The Balaban J connectivity index is 1.98. The Morgan fingerprint density at radius 1 is 1.38 bits per heavy atom. The van der Waals surface area contributed by atoms with E-state index < -0.39 is 17.3 Å². The average Bonchev–Trinajstić information content (AvgIpc) is 2.85. The van der Waals surface area contributed by atoms with Crippen LogP contribution in [0.25, 0.3) is 0 Å². The number of rotatable bonds is 4. The summed E-state index contributed by atoms with van der Waals surface area (Å²) in [6, 6.07) is 0.0887. The largest absolute Gasteiger partial charge is 0.453 e. The van der Waals surface area contributed by atoms with E-state index in [0.717, 1.165) is 31.0 Å². The van der Waals surface area contributed by atoms with E-state index in [-0.39, 0.29) is 17.1 Å². The molecule has 4 atom stereocenters. The Hall–Kier alpha value is -1.45. The van der Waals surface area contributed by atoms with Crippen molar-refractivity contribution < 1.29 is 18.0 Å². The fourth-order valence-electron chi connectivity index (χ4n) is 2.85. The molecule has 1 aliphatic rings. The lowest BCUT2D eigenvalue weighted by molar-refractivity contribution is -0.146. The molecule has 24 heavy (non-hydrogen) atoms. The van der Waals surface area contributed by atoms with Gasteiger partial charge in [-0.2, -0.15) is 13.2 Å². The maximum absolute atomic E-state index is 12.7.